The molecule has 126 valence electrons. The van der Waals surface area contributed by atoms with Crippen LogP contribution in [0.4, 0.5) is 0 Å². The number of ketones is 1. The van der Waals surface area contributed by atoms with Gasteiger partial charge in [0.1, 0.15) is 0 Å². The van der Waals surface area contributed by atoms with Crippen molar-refractivity contribution in [1.82, 2.24) is 0 Å². The van der Waals surface area contributed by atoms with E-state index in [1.807, 2.05) is 6.08 Å². The van der Waals surface area contributed by atoms with Gasteiger partial charge in [-0.15, -0.1) is 0 Å². The lowest BCUT2D eigenvalue weighted by Gasteiger charge is -2.59. The molecule has 0 saturated heterocycles. The number of allylic oxidation sites excluding steroid dienone is 3. The van der Waals surface area contributed by atoms with Gasteiger partial charge in [-0.05, 0) is 80.1 Å². The number of carbonyl (C=O) groups is 1. The monoisotopic (exact) mass is 314 g/mol. The maximum absolute atomic E-state index is 11.9. The summed E-state index contributed by atoms with van der Waals surface area (Å²) in [4.78, 5) is 11.9. The van der Waals surface area contributed by atoms with Gasteiger partial charge in [-0.2, -0.15) is 0 Å². The number of fused-ring (bicyclic) bond motifs is 5. The predicted octanol–water partition coefficient (Wildman–Crippen LogP) is 4.44. The highest BCUT2D eigenvalue weighted by molar-refractivity contribution is 5.91. The van der Waals surface area contributed by atoms with Crippen molar-refractivity contribution >= 4 is 5.78 Å². The van der Waals surface area contributed by atoms with Gasteiger partial charge in [0.15, 0.2) is 5.78 Å². The SMILES string of the molecule is C/C=C1/CC[C@H]2[C@@H]3CCC4=CC(=O)CC[C@]4(C)[C@H]3[C@@H](O)C[C@]12C. The Bertz CT molecular complexity index is 601. The zero-order valence-electron chi connectivity index (χ0n) is 14.8. The van der Waals surface area contributed by atoms with Gasteiger partial charge >= 0.3 is 0 Å². The second-order valence-corrected chi connectivity index (χ2v) is 8.93. The van der Waals surface area contributed by atoms with E-state index in [2.05, 4.69) is 26.8 Å². The van der Waals surface area contributed by atoms with Crippen LogP contribution in [0.1, 0.15) is 65.7 Å². The first-order valence-corrected chi connectivity index (χ1v) is 9.48. The summed E-state index contributed by atoms with van der Waals surface area (Å²) in [5.41, 5.74) is 3.17. The molecular formula is C21H30O2. The fourth-order valence-corrected chi connectivity index (χ4v) is 7.01. The van der Waals surface area contributed by atoms with Crippen molar-refractivity contribution < 1.29 is 9.90 Å². The summed E-state index contributed by atoms with van der Waals surface area (Å²) in [6.45, 7) is 6.90. The van der Waals surface area contributed by atoms with Crippen molar-refractivity contribution in [3.63, 3.8) is 0 Å². The molecule has 0 aromatic carbocycles. The summed E-state index contributed by atoms with van der Waals surface area (Å²) in [7, 11) is 0. The number of rotatable bonds is 0. The largest absolute Gasteiger partial charge is 0.393 e. The van der Waals surface area contributed by atoms with Crippen LogP contribution >= 0.6 is 0 Å². The molecule has 0 aliphatic heterocycles. The molecule has 2 nitrogen and oxygen atoms in total. The van der Waals surface area contributed by atoms with Crippen LogP contribution < -0.4 is 0 Å². The van der Waals surface area contributed by atoms with Gasteiger partial charge in [0.25, 0.3) is 0 Å². The minimum absolute atomic E-state index is 0.0518. The minimum Gasteiger partial charge on any atom is -0.393 e. The quantitative estimate of drug-likeness (QED) is 0.671. The number of hydrogen-bond acceptors (Lipinski definition) is 2. The lowest BCUT2D eigenvalue weighted by Crippen LogP contribution is -2.55. The molecule has 0 aromatic heterocycles. The summed E-state index contributed by atoms with van der Waals surface area (Å²) in [6.07, 6.45) is 11.2. The van der Waals surface area contributed by atoms with E-state index < -0.39 is 0 Å². The standard InChI is InChI=1S/C21H30O2/c1-4-13-6-8-17-16-7-5-14-11-15(22)9-10-20(14,2)19(16)18(23)12-21(13,17)3/h4,11,16-19,23H,5-10,12H2,1-3H3/b13-4-/t16-,17-,18-,19+,20-,21+/m0/s1. The van der Waals surface area contributed by atoms with Gasteiger partial charge in [-0.1, -0.05) is 31.1 Å². The number of aliphatic hydroxyl groups is 1. The van der Waals surface area contributed by atoms with Crippen molar-refractivity contribution in [3.8, 4) is 0 Å². The first-order valence-electron chi connectivity index (χ1n) is 9.48. The van der Waals surface area contributed by atoms with E-state index in [1.165, 1.54) is 18.4 Å². The topological polar surface area (TPSA) is 37.3 Å². The van der Waals surface area contributed by atoms with Gasteiger partial charge in [-0.25, -0.2) is 0 Å². The van der Waals surface area contributed by atoms with Crippen molar-refractivity contribution in [2.75, 3.05) is 0 Å². The van der Waals surface area contributed by atoms with Crippen LogP contribution in [0.5, 0.6) is 0 Å². The molecule has 0 heterocycles. The van der Waals surface area contributed by atoms with Gasteiger partial charge in [-0.3, -0.25) is 4.79 Å². The van der Waals surface area contributed by atoms with Crippen molar-refractivity contribution in [2.24, 2.45) is 28.6 Å². The third-order valence-corrected chi connectivity index (χ3v) is 8.09. The second kappa shape index (κ2) is 5.05. The zero-order chi connectivity index (χ0) is 16.4. The molecule has 6 atom stereocenters. The predicted molar refractivity (Wildman–Crippen MR) is 91.9 cm³/mol. The average molecular weight is 314 g/mol. The summed E-state index contributed by atoms with van der Waals surface area (Å²) in [5, 5.41) is 11.2. The highest BCUT2D eigenvalue weighted by Gasteiger charge is 2.60. The Balaban J connectivity index is 1.75. The number of carbonyl (C=O) groups excluding carboxylic acids is 1. The molecule has 3 saturated carbocycles. The third kappa shape index (κ3) is 2.00. The van der Waals surface area contributed by atoms with Crippen molar-refractivity contribution in [3.05, 3.63) is 23.3 Å². The molecule has 0 spiro atoms. The second-order valence-electron chi connectivity index (χ2n) is 8.93. The minimum atomic E-state index is -0.226. The van der Waals surface area contributed by atoms with Gasteiger partial charge in [0.05, 0.1) is 6.10 Å². The Kier molecular flexibility index (Phi) is 3.43. The van der Waals surface area contributed by atoms with Crippen LogP contribution in [0.15, 0.2) is 23.3 Å². The molecule has 0 radical (unpaired) electrons. The van der Waals surface area contributed by atoms with Crippen LogP contribution in [0.2, 0.25) is 0 Å². The maximum atomic E-state index is 11.9. The van der Waals surface area contributed by atoms with E-state index in [9.17, 15) is 9.90 Å². The lowest BCUT2D eigenvalue weighted by atomic mass is 9.46. The van der Waals surface area contributed by atoms with E-state index in [1.54, 1.807) is 5.57 Å². The number of aliphatic hydroxyl groups excluding tert-OH is 1. The first-order chi connectivity index (χ1) is 10.9. The van der Waals surface area contributed by atoms with E-state index in [0.717, 1.165) is 31.6 Å². The third-order valence-electron chi connectivity index (χ3n) is 8.09. The lowest BCUT2D eigenvalue weighted by molar-refractivity contribution is -0.124. The molecule has 4 aliphatic rings. The molecule has 2 heteroatoms. The molecule has 0 unspecified atom stereocenters. The first kappa shape index (κ1) is 15.6. The highest BCUT2D eigenvalue weighted by Crippen LogP contribution is 2.66. The van der Waals surface area contributed by atoms with E-state index in [4.69, 9.17) is 0 Å². The molecule has 4 aliphatic carbocycles. The molecule has 23 heavy (non-hydrogen) atoms. The normalized spacial score (nSPS) is 51.0. The van der Waals surface area contributed by atoms with Gasteiger partial charge in [0, 0.05) is 6.42 Å². The van der Waals surface area contributed by atoms with Crippen LogP contribution in [-0.4, -0.2) is 17.0 Å². The summed E-state index contributed by atoms with van der Waals surface area (Å²) >= 11 is 0. The van der Waals surface area contributed by atoms with Crippen LogP contribution in [0, 0.1) is 28.6 Å². The van der Waals surface area contributed by atoms with Crippen LogP contribution in [-0.2, 0) is 4.79 Å². The van der Waals surface area contributed by atoms with Gasteiger partial charge < -0.3 is 5.11 Å². The Hall–Kier alpha value is -0.890. The molecular weight excluding hydrogens is 284 g/mol. The molecule has 0 amide bonds. The summed E-state index contributed by atoms with van der Waals surface area (Å²) < 4.78 is 0. The fraction of sp³-hybridized carbons (Fsp3) is 0.762. The van der Waals surface area contributed by atoms with Crippen molar-refractivity contribution in [2.45, 2.75) is 71.8 Å². The van der Waals surface area contributed by atoms with E-state index >= 15 is 0 Å². The Morgan fingerprint density at radius 3 is 2.70 bits per heavy atom. The highest BCUT2D eigenvalue weighted by atomic mass is 16.3. The summed E-state index contributed by atoms with van der Waals surface area (Å²) in [5.74, 6) is 1.99. The smallest absolute Gasteiger partial charge is 0.155 e. The van der Waals surface area contributed by atoms with Crippen LogP contribution in [0.3, 0.4) is 0 Å². The van der Waals surface area contributed by atoms with Gasteiger partial charge in [0.2, 0.25) is 0 Å². The molecule has 4 rings (SSSR count). The molecule has 3 fully saturated rings. The van der Waals surface area contributed by atoms with E-state index in [0.29, 0.717) is 24.0 Å². The molecule has 0 bridgehead atoms. The van der Waals surface area contributed by atoms with E-state index in [-0.39, 0.29) is 16.9 Å². The molecule has 0 aromatic rings. The zero-order valence-corrected chi connectivity index (χ0v) is 14.8. The Labute approximate surface area is 140 Å². The fourth-order valence-electron chi connectivity index (χ4n) is 7.01. The Morgan fingerprint density at radius 2 is 1.96 bits per heavy atom. The maximum Gasteiger partial charge on any atom is 0.155 e. The number of hydrogen-bond donors (Lipinski definition) is 1. The average Bonchev–Trinajstić information content (AvgIpc) is 2.83. The Morgan fingerprint density at radius 1 is 1.17 bits per heavy atom. The van der Waals surface area contributed by atoms with Crippen LogP contribution in [0.25, 0.3) is 0 Å². The molecule has 1 N–H and O–H groups in total. The summed E-state index contributed by atoms with van der Waals surface area (Å²) in [6, 6.07) is 0. The van der Waals surface area contributed by atoms with Crippen molar-refractivity contribution in [1.29, 1.82) is 0 Å².